The first-order valence-electron chi connectivity index (χ1n) is 20.3. The Kier molecular flexibility index (Phi) is 9.82. The second-order valence-corrected chi connectivity index (χ2v) is 16.5. The maximum atomic E-state index is 16.3. The second-order valence-electron chi connectivity index (χ2n) is 16.5. The Hall–Kier alpha value is -5.60. The fraction of sp³-hybridized carbons (Fsp3) is 0.422. The number of piperidine rings is 2. The lowest BCUT2D eigenvalue weighted by molar-refractivity contribution is -0.135. The smallest absolute Gasteiger partial charge is 0.329 e. The molecule has 0 spiro atoms. The lowest BCUT2D eigenvalue weighted by Crippen LogP contribution is -2.58. The van der Waals surface area contributed by atoms with Crippen molar-refractivity contribution in [2.45, 2.75) is 76.0 Å². The number of aromatic nitrogens is 3. The summed E-state index contributed by atoms with van der Waals surface area (Å²) in [6, 6.07) is 13.8. The minimum absolute atomic E-state index is 0.0329. The zero-order valence-electron chi connectivity index (χ0n) is 33.8. The topological polar surface area (TPSA) is 120 Å². The number of hydrogen-bond acceptors (Lipinski definition) is 8. The van der Waals surface area contributed by atoms with Crippen molar-refractivity contribution in [2.24, 2.45) is 14.1 Å². The van der Waals surface area contributed by atoms with E-state index in [1.165, 1.54) is 4.57 Å². The van der Waals surface area contributed by atoms with E-state index in [1.54, 1.807) is 42.3 Å². The molecule has 5 heterocycles. The number of hydrogen-bond donors (Lipinski definition) is 1. The predicted octanol–water partition coefficient (Wildman–Crippen LogP) is 5.12. The molecule has 9 rings (SSSR count). The SMILES string of the molecule is COc1cc(-c2cn(C)c(=O)c3c2CCC3)cc(OC)c1CN1CCC(N2CCc3cc(-c4cccc5c4n(C)c(=O)n5C4CCC(=O)NC4=O)ccc3C2)C(F)(F)C1. The number of imidazole rings is 1. The van der Waals surface area contributed by atoms with E-state index in [1.807, 2.05) is 53.6 Å². The Morgan fingerprint density at radius 1 is 0.831 bits per heavy atom. The van der Waals surface area contributed by atoms with Gasteiger partial charge in [0.1, 0.15) is 17.5 Å². The zero-order valence-corrected chi connectivity index (χ0v) is 33.8. The summed E-state index contributed by atoms with van der Waals surface area (Å²) < 4.78 is 48.9. The predicted molar refractivity (Wildman–Crippen MR) is 219 cm³/mol. The van der Waals surface area contributed by atoms with Gasteiger partial charge < -0.3 is 14.0 Å². The van der Waals surface area contributed by atoms with Crippen molar-refractivity contribution in [2.75, 3.05) is 33.9 Å². The molecule has 2 amide bonds. The summed E-state index contributed by atoms with van der Waals surface area (Å²) in [5.74, 6) is -2.68. The number of benzene rings is 3. The number of amides is 2. The van der Waals surface area contributed by atoms with Crippen molar-refractivity contribution in [3.8, 4) is 33.8 Å². The van der Waals surface area contributed by atoms with Crippen LogP contribution in [0.15, 0.2) is 64.3 Å². The van der Waals surface area contributed by atoms with Gasteiger partial charge >= 0.3 is 5.69 Å². The molecule has 2 unspecified atom stereocenters. The number of imide groups is 1. The number of fused-ring (bicyclic) bond motifs is 3. The molecule has 5 aromatic rings. The van der Waals surface area contributed by atoms with Gasteiger partial charge in [0.15, 0.2) is 0 Å². The van der Waals surface area contributed by atoms with Gasteiger partial charge in [-0.25, -0.2) is 13.6 Å². The van der Waals surface area contributed by atoms with Gasteiger partial charge in [0.25, 0.3) is 11.5 Å². The van der Waals surface area contributed by atoms with Crippen LogP contribution >= 0.6 is 0 Å². The minimum Gasteiger partial charge on any atom is -0.496 e. The van der Waals surface area contributed by atoms with Gasteiger partial charge in [-0.2, -0.15) is 0 Å². The first kappa shape index (κ1) is 38.9. The molecule has 3 aliphatic heterocycles. The average molecular weight is 807 g/mol. The van der Waals surface area contributed by atoms with Crippen LogP contribution in [-0.4, -0.2) is 81.1 Å². The maximum absolute atomic E-state index is 16.3. The molecular weight excluding hydrogens is 759 g/mol. The van der Waals surface area contributed by atoms with Crippen LogP contribution in [-0.2, 0) is 56.0 Å². The Morgan fingerprint density at radius 2 is 1.59 bits per heavy atom. The molecule has 1 N–H and O–H groups in total. The minimum atomic E-state index is -2.97. The van der Waals surface area contributed by atoms with E-state index in [9.17, 15) is 19.2 Å². The molecule has 2 aromatic heterocycles. The number of alkyl halides is 2. The molecule has 12 nitrogen and oxygen atoms in total. The van der Waals surface area contributed by atoms with Crippen LogP contribution in [0.25, 0.3) is 33.3 Å². The van der Waals surface area contributed by atoms with E-state index in [-0.39, 0.29) is 36.5 Å². The number of methoxy groups -OCH3 is 2. The molecule has 308 valence electrons. The average Bonchev–Trinajstić information content (AvgIpc) is 3.81. The van der Waals surface area contributed by atoms with E-state index >= 15 is 8.78 Å². The highest BCUT2D eigenvalue weighted by Gasteiger charge is 2.48. The Labute approximate surface area is 339 Å². The third-order valence-electron chi connectivity index (χ3n) is 13.0. The summed E-state index contributed by atoms with van der Waals surface area (Å²) in [5, 5.41) is 2.36. The van der Waals surface area contributed by atoms with Gasteiger partial charge in [-0.05, 0) is 84.5 Å². The van der Waals surface area contributed by atoms with Crippen molar-refractivity contribution >= 4 is 22.8 Å². The number of halogens is 2. The summed E-state index contributed by atoms with van der Waals surface area (Å²) in [5.41, 5.74) is 9.24. The van der Waals surface area contributed by atoms with E-state index < -0.39 is 30.5 Å². The molecule has 2 fully saturated rings. The van der Waals surface area contributed by atoms with Crippen LogP contribution < -0.4 is 26.0 Å². The Morgan fingerprint density at radius 3 is 2.32 bits per heavy atom. The lowest BCUT2D eigenvalue weighted by atomic mass is 9.91. The number of carbonyl (C=O) groups is 2. The quantitative estimate of drug-likeness (QED) is 0.215. The fourth-order valence-corrected chi connectivity index (χ4v) is 10.1. The van der Waals surface area contributed by atoms with E-state index in [2.05, 4.69) is 11.4 Å². The lowest BCUT2D eigenvalue weighted by Gasteiger charge is -2.45. The molecule has 3 aromatic carbocycles. The molecule has 1 aliphatic carbocycles. The van der Waals surface area contributed by atoms with Gasteiger partial charge in [0, 0.05) is 69.6 Å². The highest BCUT2D eigenvalue weighted by atomic mass is 19.3. The number of nitrogens with zero attached hydrogens (tertiary/aromatic N) is 5. The third-order valence-corrected chi connectivity index (χ3v) is 13.0. The summed E-state index contributed by atoms with van der Waals surface area (Å²) in [6.07, 6.45) is 5.68. The maximum Gasteiger partial charge on any atom is 0.329 e. The molecule has 0 saturated carbocycles. The fourth-order valence-electron chi connectivity index (χ4n) is 10.1. The Bertz CT molecular complexity index is 2640. The van der Waals surface area contributed by atoms with Gasteiger partial charge in [-0.15, -0.1) is 0 Å². The van der Waals surface area contributed by atoms with Crippen molar-refractivity contribution in [1.82, 2.24) is 28.8 Å². The number of ether oxygens (including phenoxy) is 2. The molecular formula is C45H48F2N6O6. The van der Waals surface area contributed by atoms with E-state index in [0.717, 1.165) is 63.8 Å². The summed E-state index contributed by atoms with van der Waals surface area (Å²) >= 11 is 0. The van der Waals surface area contributed by atoms with Gasteiger partial charge in [0.2, 0.25) is 11.8 Å². The van der Waals surface area contributed by atoms with E-state index in [4.69, 9.17) is 9.47 Å². The van der Waals surface area contributed by atoms with Crippen LogP contribution in [0.5, 0.6) is 11.5 Å². The first-order valence-corrected chi connectivity index (χ1v) is 20.3. The molecule has 59 heavy (non-hydrogen) atoms. The molecule has 0 bridgehead atoms. The number of nitrogens with one attached hydrogen (secondary N) is 1. The second kappa shape index (κ2) is 14.9. The van der Waals surface area contributed by atoms with Crippen LogP contribution in [0.2, 0.25) is 0 Å². The Balaban J connectivity index is 0.919. The standard InChI is InChI=1S/C45H48F2N6O6/c1-49-23-33(31-8-5-9-32(31)43(49)56)29-20-37(58-3)34(38(21-29)59-4)24-51-17-16-39(45(46,47)25-51)52-18-15-26-19-27(11-12-28(26)22-52)30-7-6-10-35-41(30)50(2)44(57)53(35)36-13-14-40(54)48-42(36)55/h6-7,10-12,19-21,23,36,39H,5,8-9,13-18,22,24-25H2,1-4H3,(H,48,54,55). The van der Waals surface area contributed by atoms with E-state index in [0.29, 0.717) is 60.6 Å². The molecule has 14 heteroatoms. The largest absolute Gasteiger partial charge is 0.496 e. The van der Waals surface area contributed by atoms with Gasteiger partial charge in [0.05, 0.1) is 43.4 Å². The van der Waals surface area contributed by atoms with Gasteiger partial charge in [-0.3, -0.25) is 38.6 Å². The highest BCUT2D eigenvalue weighted by molar-refractivity contribution is 6.01. The van der Waals surface area contributed by atoms with Crippen molar-refractivity contribution in [1.29, 1.82) is 0 Å². The number of carbonyl (C=O) groups excluding carboxylic acids is 2. The highest BCUT2D eigenvalue weighted by Crippen LogP contribution is 2.41. The summed E-state index contributed by atoms with van der Waals surface area (Å²) in [6.45, 7) is 1.21. The molecule has 4 aliphatic rings. The number of para-hydroxylation sites is 1. The van der Waals surface area contributed by atoms with Crippen LogP contribution in [0.1, 0.15) is 59.5 Å². The van der Waals surface area contributed by atoms with Crippen molar-refractivity contribution in [3.05, 3.63) is 103 Å². The zero-order chi connectivity index (χ0) is 41.3. The molecule has 0 radical (unpaired) electrons. The third kappa shape index (κ3) is 6.66. The molecule has 2 atom stereocenters. The number of aryl methyl sites for hydroxylation is 2. The van der Waals surface area contributed by atoms with Crippen LogP contribution in [0, 0.1) is 0 Å². The number of likely N-dealkylation sites (tertiary alicyclic amines) is 1. The van der Waals surface area contributed by atoms with Crippen molar-refractivity contribution < 1.29 is 27.8 Å². The first-order chi connectivity index (χ1) is 28.4. The number of pyridine rings is 1. The van der Waals surface area contributed by atoms with Gasteiger partial charge in [-0.1, -0.05) is 30.3 Å². The summed E-state index contributed by atoms with van der Waals surface area (Å²) in [4.78, 5) is 54.6. The molecule has 2 saturated heterocycles. The number of rotatable bonds is 8. The van der Waals surface area contributed by atoms with Crippen LogP contribution in [0.3, 0.4) is 0 Å². The summed E-state index contributed by atoms with van der Waals surface area (Å²) in [7, 11) is 6.60. The van der Waals surface area contributed by atoms with Crippen molar-refractivity contribution in [3.63, 3.8) is 0 Å². The normalized spacial score (nSPS) is 20.7. The van der Waals surface area contributed by atoms with Crippen LogP contribution in [0.4, 0.5) is 8.78 Å². The monoisotopic (exact) mass is 806 g/mol.